The van der Waals surface area contributed by atoms with E-state index in [9.17, 15) is 0 Å². The zero-order chi connectivity index (χ0) is 24.3. The molecule has 0 amide bonds. The van der Waals surface area contributed by atoms with E-state index in [1.807, 2.05) is 24.3 Å². The molecular weight excluding hydrogens is 485 g/mol. The Hall–Kier alpha value is -0.970. The molecule has 186 valence electrons. The molecule has 0 bridgehead atoms. The summed E-state index contributed by atoms with van der Waals surface area (Å²) in [6.45, 7) is 14.9. The van der Waals surface area contributed by atoms with Crippen LogP contribution in [0.1, 0.15) is 51.6 Å². The van der Waals surface area contributed by atoms with E-state index in [2.05, 4.69) is 53.7 Å². The van der Waals surface area contributed by atoms with E-state index in [1.54, 1.807) is 0 Å². The van der Waals surface area contributed by atoms with Gasteiger partial charge in [0.2, 0.25) is 0 Å². The molecule has 0 aliphatic carbocycles. The van der Waals surface area contributed by atoms with Gasteiger partial charge in [0.15, 0.2) is 0 Å². The third kappa shape index (κ3) is 7.04. The Morgan fingerprint density at radius 1 is 0.824 bits per heavy atom. The Kier molecular flexibility index (Phi) is 8.75. The summed E-state index contributed by atoms with van der Waals surface area (Å²) in [4.78, 5) is 7.77. The van der Waals surface area contributed by atoms with E-state index in [4.69, 9.17) is 34.8 Å². The second kappa shape index (κ2) is 11.4. The Morgan fingerprint density at radius 2 is 1.50 bits per heavy atom. The molecule has 2 aromatic carbocycles. The first-order chi connectivity index (χ1) is 16.2. The molecule has 0 spiro atoms. The highest BCUT2D eigenvalue weighted by Gasteiger charge is 2.31. The van der Waals surface area contributed by atoms with Crippen molar-refractivity contribution in [1.29, 1.82) is 0 Å². The summed E-state index contributed by atoms with van der Waals surface area (Å²) >= 11 is 19.0. The second-order valence-electron chi connectivity index (χ2n) is 11.2. The highest BCUT2D eigenvalue weighted by Crippen LogP contribution is 2.37. The Labute approximate surface area is 221 Å². The van der Waals surface area contributed by atoms with Gasteiger partial charge in [0.1, 0.15) is 0 Å². The van der Waals surface area contributed by atoms with Crippen molar-refractivity contribution in [2.45, 2.75) is 46.1 Å². The predicted octanol–water partition coefficient (Wildman–Crippen LogP) is 7.66. The smallest absolute Gasteiger partial charge is 0.0670 e. The van der Waals surface area contributed by atoms with E-state index in [0.29, 0.717) is 15.5 Å². The maximum Gasteiger partial charge on any atom is 0.0670 e. The standard InChI is InChI=1S/C28H38Cl3N3/c1-28(2,3)12-15-32-13-10-21(11-14-32)19-33-16-17-34(26-9-8-24(30)18-25(26)31)27(20-33)22-4-6-23(29)7-5-22/h4-9,18,21,27H,10-17,19-20H2,1-3H3/t27-/m0/s1. The number of nitrogens with zero attached hydrogens (tertiary/aromatic N) is 3. The highest BCUT2D eigenvalue weighted by molar-refractivity contribution is 6.36. The molecule has 34 heavy (non-hydrogen) atoms. The summed E-state index contributed by atoms with van der Waals surface area (Å²) in [7, 11) is 0. The van der Waals surface area contributed by atoms with Crippen molar-refractivity contribution in [2.75, 3.05) is 50.7 Å². The van der Waals surface area contributed by atoms with Gasteiger partial charge in [-0.3, -0.25) is 4.90 Å². The van der Waals surface area contributed by atoms with Crippen molar-refractivity contribution in [3.8, 4) is 0 Å². The fourth-order valence-corrected chi connectivity index (χ4v) is 5.87. The van der Waals surface area contributed by atoms with E-state index in [-0.39, 0.29) is 6.04 Å². The molecule has 0 saturated carbocycles. The fourth-order valence-electron chi connectivity index (χ4n) is 5.23. The molecule has 2 aromatic rings. The van der Waals surface area contributed by atoms with Gasteiger partial charge in [-0.1, -0.05) is 67.7 Å². The summed E-state index contributed by atoms with van der Waals surface area (Å²) < 4.78 is 0. The van der Waals surface area contributed by atoms with Crippen LogP contribution in [-0.2, 0) is 0 Å². The van der Waals surface area contributed by atoms with E-state index < -0.39 is 0 Å². The second-order valence-corrected chi connectivity index (χ2v) is 12.5. The zero-order valence-electron chi connectivity index (χ0n) is 20.7. The lowest BCUT2D eigenvalue weighted by atomic mass is 9.90. The van der Waals surface area contributed by atoms with Gasteiger partial charge in [0, 0.05) is 36.2 Å². The highest BCUT2D eigenvalue weighted by atomic mass is 35.5. The van der Waals surface area contributed by atoms with Crippen molar-refractivity contribution in [3.63, 3.8) is 0 Å². The molecule has 0 aromatic heterocycles. The Balaban J connectivity index is 1.41. The van der Waals surface area contributed by atoms with Crippen molar-refractivity contribution in [1.82, 2.24) is 9.80 Å². The fraction of sp³-hybridized carbons (Fsp3) is 0.571. The van der Waals surface area contributed by atoms with E-state index >= 15 is 0 Å². The summed E-state index contributed by atoms with van der Waals surface area (Å²) in [6, 6.07) is 14.4. The third-order valence-corrected chi connectivity index (χ3v) is 8.13. The number of halogens is 3. The quantitative estimate of drug-likeness (QED) is 0.385. The molecule has 0 N–H and O–H groups in total. The SMILES string of the molecule is CC(C)(C)CCN1CCC(CN2CCN(c3ccc(Cl)cc3Cl)[C@H](c3ccc(Cl)cc3)C2)CC1. The first kappa shape index (κ1) is 26.1. The van der Waals surface area contributed by atoms with Gasteiger partial charge in [-0.05, 0) is 86.1 Å². The molecule has 0 unspecified atom stereocenters. The minimum absolute atomic E-state index is 0.233. The molecular formula is C28H38Cl3N3. The zero-order valence-corrected chi connectivity index (χ0v) is 23.0. The lowest BCUT2D eigenvalue weighted by molar-refractivity contribution is 0.122. The molecule has 1 atom stereocenters. The van der Waals surface area contributed by atoms with Crippen LogP contribution in [0.25, 0.3) is 0 Å². The molecule has 3 nitrogen and oxygen atoms in total. The summed E-state index contributed by atoms with van der Waals surface area (Å²) in [6.07, 6.45) is 3.88. The van der Waals surface area contributed by atoms with Crippen LogP contribution in [0.4, 0.5) is 5.69 Å². The molecule has 2 heterocycles. The van der Waals surface area contributed by atoms with Gasteiger partial charge in [0.05, 0.1) is 16.8 Å². The molecule has 2 saturated heterocycles. The van der Waals surface area contributed by atoms with Crippen LogP contribution < -0.4 is 4.90 Å². The Bertz CT molecular complexity index is 933. The van der Waals surface area contributed by atoms with Gasteiger partial charge in [-0.2, -0.15) is 0 Å². The van der Waals surface area contributed by atoms with Gasteiger partial charge in [-0.25, -0.2) is 0 Å². The van der Waals surface area contributed by atoms with Crippen LogP contribution in [0.3, 0.4) is 0 Å². The first-order valence-electron chi connectivity index (χ1n) is 12.6. The van der Waals surface area contributed by atoms with Crippen molar-refractivity contribution in [3.05, 3.63) is 63.1 Å². The topological polar surface area (TPSA) is 9.72 Å². The van der Waals surface area contributed by atoms with Gasteiger partial charge in [0.25, 0.3) is 0 Å². The summed E-state index contributed by atoms with van der Waals surface area (Å²) in [5, 5.41) is 2.15. The lowest BCUT2D eigenvalue weighted by Crippen LogP contribution is -2.50. The van der Waals surface area contributed by atoms with Crippen LogP contribution >= 0.6 is 34.8 Å². The molecule has 0 radical (unpaired) electrons. The van der Waals surface area contributed by atoms with Gasteiger partial charge in [-0.15, -0.1) is 0 Å². The van der Waals surface area contributed by atoms with Crippen molar-refractivity contribution >= 4 is 40.5 Å². The number of piperazine rings is 1. The average molecular weight is 523 g/mol. The maximum absolute atomic E-state index is 6.63. The normalized spacial score (nSPS) is 21.2. The predicted molar refractivity (Wildman–Crippen MR) is 148 cm³/mol. The molecule has 2 aliphatic heterocycles. The third-order valence-electron chi connectivity index (χ3n) is 7.34. The minimum atomic E-state index is 0.233. The maximum atomic E-state index is 6.63. The van der Waals surface area contributed by atoms with Crippen LogP contribution in [0.15, 0.2) is 42.5 Å². The number of rotatable bonds is 6. The molecule has 6 heteroatoms. The lowest BCUT2D eigenvalue weighted by Gasteiger charge is -2.45. The number of benzene rings is 2. The number of piperidine rings is 1. The number of hydrogen-bond acceptors (Lipinski definition) is 3. The van der Waals surface area contributed by atoms with Gasteiger partial charge < -0.3 is 9.80 Å². The van der Waals surface area contributed by atoms with Crippen LogP contribution in [0.2, 0.25) is 15.1 Å². The number of hydrogen-bond donors (Lipinski definition) is 0. The first-order valence-corrected chi connectivity index (χ1v) is 13.7. The summed E-state index contributed by atoms with van der Waals surface area (Å²) in [5.41, 5.74) is 2.75. The molecule has 2 aliphatic rings. The van der Waals surface area contributed by atoms with E-state index in [1.165, 1.54) is 51.0 Å². The average Bonchev–Trinajstić information content (AvgIpc) is 2.79. The monoisotopic (exact) mass is 521 g/mol. The Morgan fingerprint density at radius 3 is 2.15 bits per heavy atom. The van der Waals surface area contributed by atoms with Crippen molar-refractivity contribution < 1.29 is 0 Å². The van der Waals surface area contributed by atoms with Crippen LogP contribution in [-0.4, -0.2) is 55.6 Å². The number of anilines is 1. The van der Waals surface area contributed by atoms with Gasteiger partial charge >= 0.3 is 0 Å². The van der Waals surface area contributed by atoms with Crippen LogP contribution in [0.5, 0.6) is 0 Å². The van der Waals surface area contributed by atoms with E-state index in [0.717, 1.165) is 36.3 Å². The summed E-state index contributed by atoms with van der Waals surface area (Å²) in [5.74, 6) is 0.780. The molecule has 2 fully saturated rings. The molecule has 4 rings (SSSR count). The van der Waals surface area contributed by atoms with Crippen molar-refractivity contribution in [2.24, 2.45) is 11.3 Å². The minimum Gasteiger partial charge on any atom is -0.361 e. The largest absolute Gasteiger partial charge is 0.361 e. The van der Waals surface area contributed by atoms with Crippen LogP contribution in [0, 0.1) is 11.3 Å². The number of likely N-dealkylation sites (tertiary alicyclic amines) is 1.